The van der Waals surface area contributed by atoms with Crippen molar-refractivity contribution in [1.82, 2.24) is 0 Å². The van der Waals surface area contributed by atoms with Crippen molar-refractivity contribution >= 4 is 0 Å². The van der Waals surface area contributed by atoms with Gasteiger partial charge in [-0.1, -0.05) is 13.8 Å². The van der Waals surface area contributed by atoms with E-state index in [0.29, 0.717) is 0 Å². The van der Waals surface area contributed by atoms with Crippen LogP contribution in [0.25, 0.3) is 0 Å². The molecule has 30 aliphatic heterocycles. The van der Waals surface area contributed by atoms with Gasteiger partial charge in [0.15, 0.2) is 50.3 Å². The molecule has 38 heteroatoms. The van der Waals surface area contributed by atoms with Gasteiger partial charge in [0.05, 0.1) is 58.5 Å². The van der Waals surface area contributed by atoms with Crippen LogP contribution < -0.4 is 0 Å². The van der Waals surface area contributed by atoms with Gasteiger partial charge in [0.1, 0.15) is 177 Å². The lowest BCUT2D eigenvalue weighted by Crippen LogP contribution is -2.71. The first-order valence-electron chi connectivity index (χ1n) is 29.2. The Kier molecular flexibility index (Phi) is 24.1. The maximum absolute atomic E-state index is 11.7. The highest BCUT2D eigenvalue weighted by molar-refractivity contribution is 5.05. The zero-order chi connectivity index (χ0) is 65.0. The Bertz CT molecular complexity index is 2190. The summed E-state index contributed by atoms with van der Waals surface area (Å²) in [6, 6.07) is 0. The molecule has 30 fully saturated rings. The first kappa shape index (κ1) is 71.8. The highest BCUT2D eigenvalue weighted by Gasteiger charge is 2.62. The lowest BCUT2D eigenvalue weighted by molar-refractivity contribution is -0.412. The third kappa shape index (κ3) is 13.8. The summed E-state index contributed by atoms with van der Waals surface area (Å²) in [6.45, 7) is -3.10. The first-order valence-corrected chi connectivity index (χ1v) is 29.2. The van der Waals surface area contributed by atoms with Crippen molar-refractivity contribution in [3.8, 4) is 0 Å². The van der Waals surface area contributed by atoms with E-state index < -0.39 is 291 Å². The standard InChI is InChI=1S/C51H86O38/c1-4-13-36-22(60)28(66)44(74-13)85-38-17(8-55)78-47(31(69)25(38)63)86-39-16(7-54)76-45(29(67)23(39)61)82-35-12(2)21(59)43(75-14(35)5-52)84-37-15(6-53)77-46(30(68)24(37)62)87-40-18(9-56)79-48(32(70)26(40)64)88-41-19(10-57)80-50(33(71)27(41)65)89-51(3)20(11-58)81-49(83-36)34(72)42(51)73/h12-50,52-73H,4-11H2,1-3H3. The average Bonchev–Trinajstić information content (AvgIpc) is 1.49. The topological polar surface area (TPSA) is 593 Å². The zero-order valence-corrected chi connectivity index (χ0v) is 48.0. The minimum atomic E-state index is -2.33. The van der Waals surface area contributed by atoms with Crippen LogP contribution in [0, 0.1) is 5.92 Å². The summed E-state index contributed by atoms with van der Waals surface area (Å²) < 4.78 is 93.4. The van der Waals surface area contributed by atoms with E-state index in [1.165, 1.54) is 13.8 Å². The monoisotopic (exact) mass is 1310 g/mol. The minimum absolute atomic E-state index is 0.0726. The number of hydrogen-bond donors (Lipinski definition) is 22. The van der Waals surface area contributed by atoms with Crippen LogP contribution in [0.5, 0.6) is 0 Å². The molecule has 30 saturated heterocycles. The normalized spacial score (nSPS) is 55.7. The molecule has 0 amide bonds. The molecule has 30 rings (SSSR count). The predicted molar refractivity (Wildman–Crippen MR) is 272 cm³/mol. The predicted octanol–water partition coefficient (Wildman–Crippen LogP) is -14.3. The Morgan fingerprint density at radius 2 is 0.494 bits per heavy atom. The van der Waals surface area contributed by atoms with Gasteiger partial charge in [0.2, 0.25) is 0 Å². The van der Waals surface area contributed by atoms with E-state index in [4.69, 9.17) is 75.8 Å². The molecule has 0 aliphatic carbocycles. The van der Waals surface area contributed by atoms with Crippen LogP contribution in [0.1, 0.15) is 27.2 Å². The quantitative estimate of drug-likeness (QED) is 0.107. The average molecular weight is 1310 g/mol. The molecule has 0 aromatic rings. The summed E-state index contributed by atoms with van der Waals surface area (Å²) in [6.07, 6.45) is -73.4. The zero-order valence-electron chi connectivity index (χ0n) is 48.0. The van der Waals surface area contributed by atoms with Crippen molar-refractivity contribution in [1.29, 1.82) is 0 Å². The van der Waals surface area contributed by atoms with Crippen LogP contribution in [0.4, 0.5) is 0 Å². The van der Waals surface area contributed by atoms with Crippen LogP contribution in [-0.4, -0.2) is 398 Å². The number of rotatable bonds is 8. The number of hydrogen-bond acceptors (Lipinski definition) is 38. The van der Waals surface area contributed by atoms with Crippen molar-refractivity contribution in [3.63, 3.8) is 0 Å². The van der Waals surface area contributed by atoms with Crippen LogP contribution >= 0.6 is 0 Å². The summed E-state index contributed by atoms with van der Waals surface area (Å²) in [5.41, 5.74) is -2.33. The molecular formula is C51H86O38. The Morgan fingerprint density at radius 3 is 0.787 bits per heavy atom. The van der Waals surface area contributed by atoms with E-state index in [0.717, 1.165) is 6.92 Å². The summed E-state index contributed by atoms with van der Waals surface area (Å²) in [5, 5.41) is 246. The molecule has 89 heavy (non-hydrogen) atoms. The molecule has 0 aromatic heterocycles. The van der Waals surface area contributed by atoms with Crippen LogP contribution in [0.2, 0.25) is 0 Å². The van der Waals surface area contributed by atoms with E-state index in [9.17, 15) is 112 Å². The van der Waals surface area contributed by atoms with Gasteiger partial charge in [-0.2, -0.15) is 0 Å². The maximum atomic E-state index is 11.7. The molecule has 16 bridgehead atoms. The van der Waals surface area contributed by atoms with E-state index >= 15 is 0 Å². The van der Waals surface area contributed by atoms with Crippen LogP contribution in [0.3, 0.4) is 0 Å². The Balaban J connectivity index is 0.984. The molecule has 0 saturated carbocycles. The van der Waals surface area contributed by atoms with Gasteiger partial charge >= 0.3 is 0 Å². The number of ether oxygens (including phenoxy) is 16. The van der Waals surface area contributed by atoms with Crippen molar-refractivity contribution in [2.24, 2.45) is 5.92 Å². The molecule has 30 heterocycles. The summed E-state index contributed by atoms with van der Waals surface area (Å²) in [5.74, 6) is -1.20. The molecule has 0 aromatic carbocycles. The van der Waals surface area contributed by atoms with Gasteiger partial charge < -0.3 is 188 Å². The van der Waals surface area contributed by atoms with Crippen molar-refractivity contribution in [2.75, 3.05) is 46.2 Å². The molecule has 0 spiro atoms. The fourth-order valence-corrected chi connectivity index (χ4v) is 12.6. The Labute approximate surface area is 505 Å². The fourth-order valence-electron chi connectivity index (χ4n) is 12.6. The molecular weight excluding hydrogens is 1220 g/mol. The third-order valence-electron chi connectivity index (χ3n) is 18.0. The first-order chi connectivity index (χ1) is 42.2. The second-order valence-corrected chi connectivity index (χ2v) is 23.7. The van der Waals surface area contributed by atoms with E-state index in [1.807, 2.05) is 0 Å². The highest BCUT2D eigenvalue weighted by atomic mass is 16.8. The van der Waals surface area contributed by atoms with E-state index in [1.54, 1.807) is 0 Å². The van der Waals surface area contributed by atoms with Crippen molar-refractivity contribution in [3.05, 3.63) is 0 Å². The second-order valence-electron chi connectivity index (χ2n) is 23.7. The smallest absolute Gasteiger partial charge is 0.187 e. The third-order valence-corrected chi connectivity index (χ3v) is 18.0. The molecule has 518 valence electrons. The lowest BCUT2D eigenvalue weighted by atomic mass is 9.85. The summed E-state index contributed by atoms with van der Waals surface area (Å²) in [4.78, 5) is 0. The molecule has 38 nitrogen and oxygen atoms in total. The molecule has 0 radical (unpaired) electrons. The van der Waals surface area contributed by atoms with Crippen LogP contribution in [0.15, 0.2) is 0 Å². The minimum Gasteiger partial charge on any atom is -0.394 e. The van der Waals surface area contributed by atoms with Gasteiger partial charge in [-0.25, -0.2) is 0 Å². The summed E-state index contributed by atoms with van der Waals surface area (Å²) >= 11 is 0. The van der Waals surface area contributed by atoms with Gasteiger partial charge in [0.25, 0.3) is 0 Å². The largest absolute Gasteiger partial charge is 0.394 e. The number of aliphatic hydroxyl groups excluding tert-OH is 22. The lowest BCUT2D eigenvalue weighted by Gasteiger charge is -2.53. The summed E-state index contributed by atoms with van der Waals surface area (Å²) in [7, 11) is 0. The molecule has 40 atom stereocenters. The number of aliphatic hydroxyl groups is 22. The molecule has 30 aliphatic rings. The van der Waals surface area contributed by atoms with Crippen molar-refractivity contribution < 1.29 is 188 Å². The van der Waals surface area contributed by atoms with E-state index in [2.05, 4.69) is 0 Å². The SMILES string of the molecule is CCC1OC2OC3C(CO)OC(OC4C(CO)OC(OC5C(CO)OC(OC6C(CO)OC(OC7C(CO)OC(OC8C(CO)OC(OC9(C)C(CO)OC(OC1C(O)C2O)C(O)C9O)C(O)C8O)C(O)C7O)C(O)C6O)C(O)C5C)C(O)C4O)C(O)C3O. The second kappa shape index (κ2) is 29.9. The van der Waals surface area contributed by atoms with E-state index in [-0.39, 0.29) is 6.42 Å². The highest BCUT2D eigenvalue weighted by Crippen LogP contribution is 2.42. The molecule has 22 N–H and O–H groups in total. The van der Waals surface area contributed by atoms with Gasteiger partial charge in [0, 0.05) is 5.92 Å². The molecule has 40 unspecified atom stereocenters. The Hall–Kier alpha value is -1.52. The van der Waals surface area contributed by atoms with Gasteiger partial charge in [-0.3, -0.25) is 0 Å². The fraction of sp³-hybridized carbons (Fsp3) is 1.00. The van der Waals surface area contributed by atoms with Crippen molar-refractivity contribution in [2.45, 2.75) is 266 Å². The van der Waals surface area contributed by atoms with Crippen LogP contribution in [-0.2, 0) is 75.8 Å². The maximum Gasteiger partial charge on any atom is 0.187 e. The van der Waals surface area contributed by atoms with Gasteiger partial charge in [-0.05, 0) is 13.3 Å². The Morgan fingerprint density at radius 1 is 0.258 bits per heavy atom. The van der Waals surface area contributed by atoms with Gasteiger partial charge in [-0.15, -0.1) is 0 Å².